The molecular weight excluding hydrogens is 563 g/mol. The zero-order chi connectivity index (χ0) is 31.3. The van der Waals surface area contributed by atoms with Crippen molar-refractivity contribution >= 4 is 16.9 Å². The van der Waals surface area contributed by atoms with Crippen molar-refractivity contribution in [2.45, 2.75) is 53.3 Å². The quantitative estimate of drug-likeness (QED) is 0.154. The number of hydrogen-bond donors (Lipinski definition) is 1. The fraction of sp³-hybridized carbons (Fsp3) is 0.333. The van der Waals surface area contributed by atoms with E-state index in [1.54, 1.807) is 31.2 Å². The van der Waals surface area contributed by atoms with Gasteiger partial charge in [0.15, 0.2) is 5.58 Å². The molecule has 43 heavy (non-hydrogen) atoms. The topological polar surface area (TPSA) is 79.4 Å². The van der Waals surface area contributed by atoms with Gasteiger partial charge in [-0.15, -0.1) is 0 Å². The van der Waals surface area contributed by atoms with Gasteiger partial charge in [-0.1, -0.05) is 19.9 Å². The van der Waals surface area contributed by atoms with Crippen molar-refractivity contribution in [3.05, 3.63) is 92.8 Å². The minimum absolute atomic E-state index is 0.0112. The molecule has 0 unspecified atom stereocenters. The number of ether oxygens (including phenoxy) is 3. The normalized spacial score (nSPS) is 11.7. The molecule has 1 heterocycles. The lowest BCUT2D eigenvalue weighted by Crippen LogP contribution is -3.10. The van der Waals surface area contributed by atoms with Gasteiger partial charge < -0.3 is 23.5 Å². The molecule has 0 saturated heterocycles. The zero-order valence-corrected chi connectivity index (χ0v) is 24.8. The molecular formula is C33H35F3NO6+. The lowest BCUT2D eigenvalue weighted by atomic mass is 10.1. The van der Waals surface area contributed by atoms with Crippen LogP contribution in [0.5, 0.6) is 23.0 Å². The Kier molecular flexibility index (Phi) is 9.80. The third-order valence-electron chi connectivity index (χ3n) is 7.20. The second kappa shape index (κ2) is 13.3. The average Bonchev–Trinajstić information content (AvgIpc) is 2.97. The fourth-order valence-electron chi connectivity index (χ4n) is 4.86. The number of quaternary nitrogens is 1. The molecule has 0 atom stereocenters. The molecule has 3 aromatic carbocycles. The maximum atomic E-state index is 14.4. The molecule has 1 aromatic heterocycles. The van der Waals surface area contributed by atoms with Crippen LogP contribution in [0.25, 0.3) is 11.0 Å². The summed E-state index contributed by atoms with van der Waals surface area (Å²) in [6.45, 7) is 9.23. The molecule has 228 valence electrons. The van der Waals surface area contributed by atoms with Crippen LogP contribution in [0.3, 0.4) is 0 Å². The molecule has 0 spiro atoms. The number of nitrogens with one attached hydrogen (secondary N) is 1. The number of hydrogen-bond acceptors (Lipinski definition) is 6. The number of aryl methyl sites for hydroxylation is 2. The van der Waals surface area contributed by atoms with Gasteiger partial charge in [0, 0.05) is 0 Å². The number of carbonyl (C=O) groups excluding carboxylic acids is 1. The molecule has 10 heteroatoms. The summed E-state index contributed by atoms with van der Waals surface area (Å²) < 4.78 is 65.2. The van der Waals surface area contributed by atoms with Crippen molar-refractivity contribution < 1.29 is 41.5 Å². The first-order valence-electron chi connectivity index (χ1n) is 14.1. The molecule has 0 radical (unpaired) electrons. The van der Waals surface area contributed by atoms with E-state index in [1.165, 1.54) is 37.4 Å². The second-order valence-electron chi connectivity index (χ2n) is 10.4. The molecule has 0 aliphatic carbocycles. The minimum atomic E-state index is -5.05. The minimum Gasteiger partial charge on any atom is -0.497 e. The van der Waals surface area contributed by atoms with Crippen LogP contribution in [0.4, 0.5) is 13.2 Å². The average molecular weight is 599 g/mol. The van der Waals surface area contributed by atoms with Crippen molar-refractivity contribution in [3.8, 4) is 23.0 Å². The first-order chi connectivity index (χ1) is 20.5. The van der Waals surface area contributed by atoms with E-state index < -0.39 is 29.1 Å². The van der Waals surface area contributed by atoms with Gasteiger partial charge >= 0.3 is 12.1 Å². The second-order valence-corrected chi connectivity index (χ2v) is 10.4. The zero-order valence-electron chi connectivity index (χ0n) is 24.8. The number of fused-ring (bicyclic) bond motifs is 1. The molecule has 4 rings (SSSR count). The highest BCUT2D eigenvalue weighted by Crippen LogP contribution is 2.40. The number of rotatable bonds is 11. The van der Waals surface area contributed by atoms with E-state index in [0.29, 0.717) is 18.8 Å². The predicted molar refractivity (Wildman–Crippen MR) is 156 cm³/mol. The van der Waals surface area contributed by atoms with Crippen LogP contribution in [0.15, 0.2) is 63.8 Å². The Morgan fingerprint density at radius 3 is 2.14 bits per heavy atom. The summed E-state index contributed by atoms with van der Waals surface area (Å²) in [6, 6.07) is 13.7. The van der Waals surface area contributed by atoms with Gasteiger partial charge in [-0.3, -0.25) is 4.79 Å². The summed E-state index contributed by atoms with van der Waals surface area (Å²) in [5, 5.41) is -0.113. The van der Waals surface area contributed by atoms with Crippen LogP contribution in [0.1, 0.15) is 59.5 Å². The van der Waals surface area contributed by atoms with E-state index in [0.717, 1.165) is 28.9 Å². The van der Waals surface area contributed by atoms with Crippen LogP contribution in [0.2, 0.25) is 0 Å². The maximum absolute atomic E-state index is 14.4. The van der Waals surface area contributed by atoms with Crippen LogP contribution in [0, 0.1) is 13.8 Å². The molecule has 4 aromatic rings. The fourth-order valence-corrected chi connectivity index (χ4v) is 4.86. The van der Waals surface area contributed by atoms with Crippen molar-refractivity contribution in [1.29, 1.82) is 0 Å². The molecule has 0 amide bonds. The maximum Gasteiger partial charge on any atom is 0.453 e. The van der Waals surface area contributed by atoms with Crippen LogP contribution >= 0.6 is 0 Å². The first kappa shape index (κ1) is 31.6. The van der Waals surface area contributed by atoms with E-state index in [-0.39, 0.29) is 40.1 Å². The largest absolute Gasteiger partial charge is 0.497 e. The van der Waals surface area contributed by atoms with E-state index >= 15 is 0 Å². The van der Waals surface area contributed by atoms with Crippen LogP contribution in [-0.4, -0.2) is 26.2 Å². The monoisotopic (exact) mass is 598 g/mol. The van der Waals surface area contributed by atoms with E-state index in [2.05, 4.69) is 0 Å². The Morgan fingerprint density at radius 1 is 0.907 bits per heavy atom. The highest BCUT2D eigenvalue weighted by Gasteiger charge is 2.41. The summed E-state index contributed by atoms with van der Waals surface area (Å²) in [5.41, 5.74) is 0.839. The number of carbonyl (C=O) groups is 1. The first-order valence-corrected chi connectivity index (χ1v) is 14.1. The van der Waals surface area contributed by atoms with Gasteiger partial charge in [0.25, 0.3) is 5.76 Å². The molecule has 7 nitrogen and oxygen atoms in total. The number of halogens is 3. The summed E-state index contributed by atoms with van der Waals surface area (Å²) in [6.07, 6.45) is -3.42. The van der Waals surface area contributed by atoms with Crippen molar-refractivity contribution in [3.63, 3.8) is 0 Å². The van der Waals surface area contributed by atoms with Crippen molar-refractivity contribution in [2.75, 3.05) is 20.2 Å². The van der Waals surface area contributed by atoms with E-state index in [4.69, 9.17) is 18.6 Å². The van der Waals surface area contributed by atoms with Crippen molar-refractivity contribution in [1.82, 2.24) is 0 Å². The van der Waals surface area contributed by atoms with Gasteiger partial charge in [0.05, 0.1) is 36.7 Å². The summed E-state index contributed by atoms with van der Waals surface area (Å²) in [5.74, 6) is -2.60. The molecule has 1 N–H and O–H groups in total. The smallest absolute Gasteiger partial charge is 0.453 e. The van der Waals surface area contributed by atoms with E-state index in [1.807, 2.05) is 20.8 Å². The Balaban J connectivity index is 1.90. The number of alkyl halides is 3. The lowest BCUT2D eigenvalue weighted by molar-refractivity contribution is -0.913. The van der Waals surface area contributed by atoms with Crippen molar-refractivity contribution in [2.24, 2.45) is 0 Å². The number of esters is 1. The Bertz CT molecular complexity index is 1660. The van der Waals surface area contributed by atoms with Gasteiger partial charge in [-0.2, -0.15) is 13.2 Å². The third-order valence-corrected chi connectivity index (χ3v) is 7.20. The third kappa shape index (κ3) is 7.19. The van der Waals surface area contributed by atoms with Gasteiger partial charge in [-0.05, 0) is 86.3 Å². The number of benzene rings is 3. The molecule has 0 saturated carbocycles. The van der Waals surface area contributed by atoms with Crippen LogP contribution in [-0.2, 0) is 12.7 Å². The molecule has 0 fully saturated rings. The Morgan fingerprint density at radius 2 is 1.56 bits per heavy atom. The summed E-state index contributed by atoms with van der Waals surface area (Å²) in [4.78, 5) is 27.8. The van der Waals surface area contributed by atoms with E-state index in [9.17, 15) is 22.8 Å². The molecule has 0 aliphatic heterocycles. The standard InChI is InChI=1S/C33H34F3NO6/c1-6-16-37(17-7-2)19-26-27(42-32(39)22-9-12-23(40-5)13-10-22)15-14-25-28(38)30(31(33(34,35)36)43-29(25)26)41-24-11-8-20(3)21(4)18-24/h8-15,18H,6-7,16-17,19H2,1-5H3/p+1. The summed E-state index contributed by atoms with van der Waals surface area (Å²) in [7, 11) is 1.50. The highest BCUT2D eigenvalue weighted by molar-refractivity contribution is 5.92. The molecule has 0 aliphatic rings. The van der Waals surface area contributed by atoms with Gasteiger partial charge in [-0.25, -0.2) is 4.79 Å². The highest BCUT2D eigenvalue weighted by atomic mass is 19.4. The molecule has 0 bridgehead atoms. The Hall–Kier alpha value is -4.31. The SMILES string of the molecule is CCC[NH+](CCC)Cc1c(OC(=O)c2ccc(OC)cc2)ccc2c(=O)c(Oc3ccc(C)c(C)c3)c(C(F)(F)F)oc12. The Labute approximate surface area is 247 Å². The number of methoxy groups -OCH3 is 1. The van der Waals surface area contributed by atoms with Gasteiger partial charge in [0.2, 0.25) is 11.2 Å². The van der Waals surface area contributed by atoms with Gasteiger partial charge in [0.1, 0.15) is 23.8 Å². The predicted octanol–water partition coefficient (Wildman–Crippen LogP) is 6.65. The summed E-state index contributed by atoms with van der Waals surface area (Å²) >= 11 is 0. The van der Waals surface area contributed by atoms with Crippen LogP contribution < -0.4 is 24.5 Å². The lowest BCUT2D eigenvalue weighted by Gasteiger charge is -2.21.